The van der Waals surface area contributed by atoms with Gasteiger partial charge in [-0.3, -0.25) is 4.52 Å². The molecule has 0 saturated heterocycles. The Morgan fingerprint density at radius 3 is 1.41 bits per heavy atom. The molecule has 0 aliphatic heterocycles. The van der Waals surface area contributed by atoms with Gasteiger partial charge in [0.05, 0.1) is 16.7 Å². The van der Waals surface area contributed by atoms with Crippen LogP contribution in [0.5, 0.6) is 11.5 Å². The lowest BCUT2D eigenvalue weighted by molar-refractivity contribution is 0.219. The fourth-order valence-corrected chi connectivity index (χ4v) is 4.21. The zero-order valence-electron chi connectivity index (χ0n) is 15.2. The molecule has 0 radical (unpaired) electrons. The van der Waals surface area contributed by atoms with Gasteiger partial charge in [-0.1, -0.05) is 82.8 Å². The molecular weight excluding hydrogens is 477 g/mol. The zero-order valence-corrected chi connectivity index (χ0v) is 19.1. The average molecular weight is 494 g/mol. The molecule has 29 heavy (non-hydrogen) atoms. The van der Waals surface area contributed by atoms with Crippen molar-refractivity contribution in [3.8, 4) is 11.5 Å². The van der Waals surface area contributed by atoms with E-state index in [4.69, 9.17) is 60.0 Å². The third kappa shape index (κ3) is 8.10. The molecule has 0 aliphatic rings. The Labute approximate surface area is 189 Å². The molecule has 3 aromatic carbocycles. The lowest BCUT2D eigenvalue weighted by Gasteiger charge is -2.19. The van der Waals surface area contributed by atoms with Crippen molar-refractivity contribution in [3.63, 3.8) is 0 Å². The lowest BCUT2D eigenvalue weighted by Crippen LogP contribution is -2.05. The molecule has 0 bridgehead atoms. The van der Waals surface area contributed by atoms with E-state index in [-0.39, 0.29) is 28.2 Å². The van der Waals surface area contributed by atoms with Gasteiger partial charge in [-0.25, -0.2) is 4.57 Å². The molecule has 0 aliphatic carbocycles. The molecule has 0 amide bonds. The highest BCUT2D eigenvalue weighted by Crippen LogP contribution is 2.52. The zero-order chi connectivity index (χ0) is 21.3. The molecule has 154 valence electrons. The summed E-state index contributed by atoms with van der Waals surface area (Å²) in [6.45, 7) is 1.74. The molecule has 3 aromatic rings. The number of rotatable bonds is 6. The smallest absolute Gasteiger partial charge is 0.393 e. The third-order valence-corrected chi connectivity index (χ3v) is 5.64. The topological polar surface area (TPSA) is 44.8 Å². The van der Waals surface area contributed by atoms with Crippen molar-refractivity contribution in [2.75, 3.05) is 6.61 Å². The van der Waals surface area contributed by atoms with Gasteiger partial charge in [0, 0.05) is 10.0 Å². The molecule has 0 saturated carbocycles. The average Bonchev–Trinajstić information content (AvgIpc) is 2.69. The standard InChI is InChI=1S/C14H11Cl4O4P.C6H6/c1-2-20-23(19,21-13-5-3-9(15)7-11(13)17)22-14-6-4-10(16)8-12(14)18;1-2-4-6-5-3-1/h3-8H,2H2,1H3;1-6H. The third-order valence-electron chi connectivity index (χ3n) is 3.16. The molecule has 4 nitrogen and oxygen atoms in total. The van der Waals surface area contributed by atoms with Gasteiger partial charge in [-0.2, -0.15) is 0 Å². The monoisotopic (exact) mass is 492 g/mol. The molecule has 0 spiro atoms. The van der Waals surface area contributed by atoms with Crippen LogP contribution in [0.15, 0.2) is 72.8 Å². The van der Waals surface area contributed by atoms with E-state index < -0.39 is 7.82 Å². The summed E-state index contributed by atoms with van der Waals surface area (Å²) in [5.74, 6) is 0.218. The van der Waals surface area contributed by atoms with Gasteiger partial charge in [0.2, 0.25) is 0 Å². The fourth-order valence-electron chi connectivity index (χ4n) is 1.95. The summed E-state index contributed by atoms with van der Waals surface area (Å²) in [5, 5.41) is 1.16. The molecular formula is C20H17Cl4O4P. The minimum atomic E-state index is -4.00. The van der Waals surface area contributed by atoms with E-state index in [9.17, 15) is 4.57 Å². The van der Waals surface area contributed by atoms with Crippen molar-refractivity contribution < 1.29 is 18.1 Å². The van der Waals surface area contributed by atoms with E-state index in [1.165, 1.54) is 36.4 Å². The minimum Gasteiger partial charge on any atom is -0.393 e. The first-order valence-electron chi connectivity index (χ1n) is 8.37. The lowest BCUT2D eigenvalue weighted by atomic mass is 10.3. The Balaban J connectivity index is 0.000000426. The molecule has 0 heterocycles. The predicted molar refractivity (Wildman–Crippen MR) is 120 cm³/mol. The van der Waals surface area contributed by atoms with Crippen LogP contribution in [-0.2, 0) is 9.09 Å². The van der Waals surface area contributed by atoms with Crippen molar-refractivity contribution in [1.82, 2.24) is 0 Å². The second-order valence-electron chi connectivity index (χ2n) is 5.35. The Kier molecular flexibility index (Phi) is 9.64. The molecule has 9 heteroatoms. The second kappa shape index (κ2) is 11.7. The van der Waals surface area contributed by atoms with E-state index in [0.29, 0.717) is 10.0 Å². The Morgan fingerprint density at radius 1 is 0.724 bits per heavy atom. The van der Waals surface area contributed by atoms with Gasteiger partial charge in [-0.05, 0) is 43.3 Å². The second-order valence-corrected chi connectivity index (χ2v) is 8.56. The van der Waals surface area contributed by atoms with Gasteiger partial charge >= 0.3 is 7.82 Å². The fraction of sp³-hybridized carbons (Fsp3) is 0.100. The van der Waals surface area contributed by atoms with Crippen LogP contribution in [0.1, 0.15) is 6.92 Å². The van der Waals surface area contributed by atoms with Crippen LogP contribution in [0.25, 0.3) is 0 Å². The van der Waals surface area contributed by atoms with Crippen LogP contribution in [0.3, 0.4) is 0 Å². The number of halogens is 4. The molecule has 0 aromatic heterocycles. The number of phosphoric acid groups is 1. The Morgan fingerprint density at radius 2 is 1.10 bits per heavy atom. The molecule has 0 N–H and O–H groups in total. The summed E-state index contributed by atoms with van der Waals surface area (Å²) in [6, 6.07) is 20.9. The van der Waals surface area contributed by atoms with Crippen LogP contribution in [0.4, 0.5) is 0 Å². The maximum absolute atomic E-state index is 12.8. The van der Waals surface area contributed by atoms with Gasteiger partial charge < -0.3 is 9.05 Å². The van der Waals surface area contributed by atoms with Gasteiger partial charge in [0.15, 0.2) is 11.5 Å². The van der Waals surface area contributed by atoms with Gasteiger partial charge in [0.25, 0.3) is 0 Å². The van der Waals surface area contributed by atoms with Crippen LogP contribution in [0, 0.1) is 0 Å². The van der Waals surface area contributed by atoms with Crippen molar-refractivity contribution in [1.29, 1.82) is 0 Å². The Bertz CT molecular complexity index is 886. The van der Waals surface area contributed by atoms with E-state index in [1.54, 1.807) is 6.92 Å². The summed E-state index contributed by atoms with van der Waals surface area (Å²) in [4.78, 5) is 0. The number of phosphoric ester groups is 1. The summed E-state index contributed by atoms with van der Waals surface area (Å²) in [6.07, 6.45) is 0. The van der Waals surface area contributed by atoms with Crippen molar-refractivity contribution in [2.45, 2.75) is 6.92 Å². The number of benzene rings is 3. The first-order valence-corrected chi connectivity index (χ1v) is 11.3. The van der Waals surface area contributed by atoms with Crippen LogP contribution in [-0.4, -0.2) is 6.61 Å². The first kappa shape index (κ1) is 23.9. The van der Waals surface area contributed by atoms with Crippen molar-refractivity contribution >= 4 is 54.2 Å². The van der Waals surface area contributed by atoms with E-state index in [2.05, 4.69) is 0 Å². The normalized spacial score (nSPS) is 10.7. The van der Waals surface area contributed by atoms with Crippen LogP contribution in [0.2, 0.25) is 20.1 Å². The molecule has 0 unspecified atom stereocenters. The van der Waals surface area contributed by atoms with Crippen molar-refractivity contribution in [3.05, 3.63) is 92.9 Å². The van der Waals surface area contributed by atoms with Crippen LogP contribution >= 0.6 is 54.2 Å². The molecule has 0 fully saturated rings. The van der Waals surface area contributed by atoms with Crippen LogP contribution < -0.4 is 9.05 Å². The van der Waals surface area contributed by atoms with Crippen molar-refractivity contribution in [2.24, 2.45) is 0 Å². The summed E-state index contributed by atoms with van der Waals surface area (Å²) >= 11 is 23.6. The highest BCUT2D eigenvalue weighted by atomic mass is 35.5. The quantitative estimate of drug-likeness (QED) is 0.322. The van der Waals surface area contributed by atoms with E-state index in [1.807, 2.05) is 36.4 Å². The highest BCUT2D eigenvalue weighted by molar-refractivity contribution is 7.49. The van der Waals surface area contributed by atoms with E-state index >= 15 is 0 Å². The maximum Gasteiger partial charge on any atom is 0.587 e. The summed E-state index contributed by atoms with van der Waals surface area (Å²) in [7, 11) is -4.00. The van der Waals surface area contributed by atoms with Gasteiger partial charge in [-0.15, -0.1) is 0 Å². The van der Waals surface area contributed by atoms with E-state index in [0.717, 1.165) is 0 Å². The van der Waals surface area contributed by atoms with Gasteiger partial charge in [0.1, 0.15) is 0 Å². The maximum atomic E-state index is 12.8. The minimum absolute atomic E-state index is 0.0910. The summed E-state index contributed by atoms with van der Waals surface area (Å²) in [5.41, 5.74) is 0. The Hall–Kier alpha value is -1.39. The largest absolute Gasteiger partial charge is 0.587 e. The summed E-state index contributed by atoms with van der Waals surface area (Å²) < 4.78 is 28.6. The predicted octanol–water partition coefficient (Wildman–Crippen LogP) is 8.59. The first-order chi connectivity index (χ1) is 13.8. The number of hydrogen-bond acceptors (Lipinski definition) is 4. The SMILES string of the molecule is CCOP(=O)(Oc1ccc(Cl)cc1Cl)Oc1ccc(Cl)cc1Cl.c1ccccc1. The molecule has 0 atom stereocenters. The number of hydrogen-bond donors (Lipinski definition) is 0. The highest BCUT2D eigenvalue weighted by Gasteiger charge is 2.32. The molecule has 3 rings (SSSR count).